The summed E-state index contributed by atoms with van der Waals surface area (Å²) in [6.07, 6.45) is 2.47. The molecule has 1 aromatic heterocycles. The number of rotatable bonds is 10. The van der Waals surface area contributed by atoms with E-state index < -0.39 is 0 Å². The molecule has 7 heteroatoms. The maximum atomic E-state index is 12.4. The van der Waals surface area contributed by atoms with Crippen molar-refractivity contribution in [2.75, 3.05) is 6.61 Å². The van der Waals surface area contributed by atoms with Gasteiger partial charge < -0.3 is 15.0 Å². The average Bonchev–Trinajstić information content (AvgIpc) is 2.79. The first-order chi connectivity index (χ1) is 15.1. The average molecular weight is 421 g/mol. The third kappa shape index (κ3) is 6.50. The number of carbonyl (C=O) groups excluding carboxylic acids is 1. The second-order valence-electron chi connectivity index (χ2n) is 7.38. The van der Waals surface area contributed by atoms with Gasteiger partial charge in [-0.1, -0.05) is 43.7 Å². The van der Waals surface area contributed by atoms with E-state index in [0.717, 1.165) is 29.7 Å². The molecule has 162 valence electrons. The van der Waals surface area contributed by atoms with Gasteiger partial charge in [-0.15, -0.1) is 10.2 Å². The Bertz CT molecular complexity index is 1030. The van der Waals surface area contributed by atoms with E-state index >= 15 is 0 Å². The molecule has 0 saturated carbocycles. The molecule has 0 aliphatic rings. The number of nitrogens with one attached hydrogen (secondary N) is 2. The van der Waals surface area contributed by atoms with Crippen molar-refractivity contribution < 1.29 is 9.53 Å². The van der Waals surface area contributed by atoms with E-state index in [0.29, 0.717) is 12.4 Å². The Morgan fingerprint density at radius 3 is 2.52 bits per heavy atom. The summed E-state index contributed by atoms with van der Waals surface area (Å²) in [6, 6.07) is 17.0. The van der Waals surface area contributed by atoms with Gasteiger partial charge in [-0.25, -0.2) is 0 Å². The van der Waals surface area contributed by atoms with E-state index in [2.05, 4.69) is 27.4 Å². The Kier molecular flexibility index (Phi) is 7.92. The van der Waals surface area contributed by atoms with E-state index in [1.807, 2.05) is 61.5 Å². The smallest absolute Gasteiger partial charge is 0.273 e. The maximum absolute atomic E-state index is 12.4. The third-order valence-corrected chi connectivity index (χ3v) is 4.93. The van der Waals surface area contributed by atoms with Crippen LogP contribution in [0.2, 0.25) is 0 Å². The van der Waals surface area contributed by atoms with Crippen LogP contribution in [0.1, 0.15) is 50.4 Å². The van der Waals surface area contributed by atoms with Gasteiger partial charge in [0, 0.05) is 18.4 Å². The molecule has 7 nitrogen and oxygen atoms in total. The second-order valence-corrected chi connectivity index (χ2v) is 7.38. The summed E-state index contributed by atoms with van der Waals surface area (Å²) in [5, 5.41) is 11.1. The van der Waals surface area contributed by atoms with Gasteiger partial charge in [-0.3, -0.25) is 9.59 Å². The molecule has 3 rings (SSSR count). The highest BCUT2D eigenvalue weighted by Crippen LogP contribution is 2.18. The van der Waals surface area contributed by atoms with Crippen molar-refractivity contribution >= 4 is 5.91 Å². The molecule has 3 aromatic rings. The van der Waals surface area contributed by atoms with Crippen LogP contribution in [0.5, 0.6) is 5.75 Å². The largest absolute Gasteiger partial charge is 0.494 e. The first-order valence-electron chi connectivity index (χ1n) is 10.6. The fraction of sp³-hybridized carbons (Fsp3) is 0.333. The molecule has 2 N–H and O–H groups in total. The molecule has 0 spiro atoms. The summed E-state index contributed by atoms with van der Waals surface area (Å²) in [6.45, 7) is 4.72. The number of hydrogen-bond donors (Lipinski definition) is 2. The summed E-state index contributed by atoms with van der Waals surface area (Å²) in [5.41, 5.74) is 1.68. The molecule has 1 atom stereocenters. The van der Waals surface area contributed by atoms with Crippen molar-refractivity contribution in [2.24, 2.45) is 0 Å². The Balaban J connectivity index is 1.55. The second kappa shape index (κ2) is 11.1. The molecular formula is C24H28N4O3. The Labute approximate surface area is 181 Å². The number of nitrogens with zero attached hydrogens (tertiary/aromatic N) is 2. The number of H-pyrrole nitrogens is 1. The first kappa shape index (κ1) is 22.2. The maximum Gasteiger partial charge on any atom is 0.273 e. The number of aryl methyl sites for hydroxylation is 1. The van der Waals surface area contributed by atoms with E-state index in [9.17, 15) is 9.59 Å². The summed E-state index contributed by atoms with van der Waals surface area (Å²) < 4.78 is 5.64. The van der Waals surface area contributed by atoms with Gasteiger partial charge in [-0.2, -0.15) is 0 Å². The van der Waals surface area contributed by atoms with Crippen molar-refractivity contribution in [1.29, 1.82) is 0 Å². The van der Waals surface area contributed by atoms with E-state index in [1.165, 1.54) is 0 Å². The summed E-state index contributed by atoms with van der Waals surface area (Å²) in [7, 11) is 0. The number of aromatic amines is 1. The molecule has 0 radical (unpaired) electrons. The van der Waals surface area contributed by atoms with Crippen molar-refractivity contribution in [3.05, 3.63) is 76.2 Å². The molecule has 0 aliphatic heterocycles. The number of hydrogen-bond acceptors (Lipinski definition) is 5. The number of ether oxygens (including phenoxy) is 1. The highest BCUT2D eigenvalue weighted by atomic mass is 16.5. The van der Waals surface area contributed by atoms with Gasteiger partial charge in [-0.05, 0) is 43.2 Å². The monoisotopic (exact) mass is 420 g/mol. The minimum atomic E-state index is -0.336. The summed E-state index contributed by atoms with van der Waals surface area (Å²) in [4.78, 5) is 27.4. The predicted octanol–water partition coefficient (Wildman–Crippen LogP) is 3.82. The minimum Gasteiger partial charge on any atom is -0.494 e. The van der Waals surface area contributed by atoms with Crippen LogP contribution in [0.25, 0.3) is 11.4 Å². The van der Waals surface area contributed by atoms with Crippen LogP contribution >= 0.6 is 0 Å². The molecule has 1 heterocycles. The van der Waals surface area contributed by atoms with Crippen LogP contribution in [-0.2, 0) is 11.2 Å². The fourth-order valence-electron chi connectivity index (χ4n) is 3.07. The van der Waals surface area contributed by atoms with Gasteiger partial charge in [0.1, 0.15) is 11.4 Å². The number of benzene rings is 2. The van der Waals surface area contributed by atoms with Crippen molar-refractivity contribution in [3.63, 3.8) is 0 Å². The first-order valence-corrected chi connectivity index (χ1v) is 10.6. The lowest BCUT2D eigenvalue weighted by molar-refractivity contribution is -0.121. The van der Waals surface area contributed by atoms with E-state index in [-0.39, 0.29) is 36.0 Å². The van der Waals surface area contributed by atoms with Crippen LogP contribution in [0.4, 0.5) is 0 Å². The van der Waals surface area contributed by atoms with Gasteiger partial charge in [0.25, 0.3) is 5.56 Å². The zero-order valence-electron chi connectivity index (χ0n) is 17.9. The van der Waals surface area contributed by atoms with Gasteiger partial charge >= 0.3 is 0 Å². The SMILES string of the molecule is CCCCOc1ccc(-c2nnc(CCC(=O)NC(C)c3ccccc3)c(=O)[nH]2)cc1. The van der Waals surface area contributed by atoms with E-state index in [4.69, 9.17) is 4.74 Å². The molecule has 1 amide bonds. The number of aromatic nitrogens is 3. The highest BCUT2D eigenvalue weighted by Gasteiger charge is 2.12. The third-order valence-electron chi connectivity index (χ3n) is 4.93. The zero-order chi connectivity index (χ0) is 22.1. The molecule has 31 heavy (non-hydrogen) atoms. The number of unbranched alkanes of at least 4 members (excludes halogenated alkanes) is 1. The van der Waals surface area contributed by atoms with Crippen LogP contribution in [0, 0.1) is 0 Å². The Hall–Kier alpha value is -3.48. The molecule has 2 aromatic carbocycles. The summed E-state index contributed by atoms with van der Waals surface area (Å²) in [5.74, 6) is 1.02. The molecule has 0 bridgehead atoms. The Morgan fingerprint density at radius 1 is 1.10 bits per heavy atom. The van der Waals surface area contributed by atoms with Crippen LogP contribution in [-0.4, -0.2) is 27.7 Å². The molecule has 0 saturated heterocycles. The molecule has 0 aliphatic carbocycles. The van der Waals surface area contributed by atoms with Crippen molar-refractivity contribution in [1.82, 2.24) is 20.5 Å². The lowest BCUT2D eigenvalue weighted by Gasteiger charge is -2.14. The quantitative estimate of drug-likeness (QED) is 0.486. The number of carbonyl (C=O) groups is 1. The van der Waals surface area contributed by atoms with Crippen LogP contribution < -0.4 is 15.6 Å². The highest BCUT2D eigenvalue weighted by molar-refractivity contribution is 5.76. The predicted molar refractivity (Wildman–Crippen MR) is 120 cm³/mol. The van der Waals surface area contributed by atoms with E-state index in [1.54, 1.807) is 0 Å². The van der Waals surface area contributed by atoms with Crippen molar-refractivity contribution in [3.8, 4) is 17.1 Å². The molecular weight excluding hydrogens is 392 g/mol. The van der Waals surface area contributed by atoms with Crippen LogP contribution in [0.15, 0.2) is 59.4 Å². The minimum absolute atomic E-state index is 0.102. The molecule has 0 fully saturated rings. The topological polar surface area (TPSA) is 97.0 Å². The fourth-order valence-corrected chi connectivity index (χ4v) is 3.07. The zero-order valence-corrected chi connectivity index (χ0v) is 17.9. The van der Waals surface area contributed by atoms with Gasteiger partial charge in [0.15, 0.2) is 5.82 Å². The van der Waals surface area contributed by atoms with Crippen LogP contribution in [0.3, 0.4) is 0 Å². The van der Waals surface area contributed by atoms with Gasteiger partial charge in [0.2, 0.25) is 5.91 Å². The number of amides is 1. The Morgan fingerprint density at radius 2 is 1.84 bits per heavy atom. The normalized spacial score (nSPS) is 11.7. The lowest BCUT2D eigenvalue weighted by atomic mass is 10.1. The standard InChI is InChI=1S/C24H28N4O3/c1-3-4-16-31-20-12-10-19(11-13-20)23-26-24(30)21(27-28-23)14-15-22(29)25-17(2)18-8-6-5-7-9-18/h5-13,17H,3-4,14-16H2,1-2H3,(H,25,29)(H,26,28,30). The van der Waals surface area contributed by atoms with Gasteiger partial charge in [0.05, 0.1) is 12.6 Å². The van der Waals surface area contributed by atoms with Crippen molar-refractivity contribution in [2.45, 2.75) is 45.6 Å². The lowest BCUT2D eigenvalue weighted by Crippen LogP contribution is -2.28. The summed E-state index contributed by atoms with van der Waals surface area (Å²) >= 11 is 0. The molecule has 1 unspecified atom stereocenters.